The predicted octanol–water partition coefficient (Wildman–Crippen LogP) is 2.52. The van der Waals surface area contributed by atoms with Crippen LogP contribution in [0.25, 0.3) is 0 Å². The van der Waals surface area contributed by atoms with Crippen LogP contribution >= 0.6 is 22.6 Å². The Morgan fingerprint density at radius 3 is 1.91 bits per heavy atom. The third kappa shape index (κ3) is 16.6. The highest BCUT2D eigenvalue weighted by Gasteiger charge is 1.88. The lowest BCUT2D eigenvalue weighted by molar-refractivity contribution is -0.140. The van der Waals surface area contributed by atoms with Gasteiger partial charge in [-0.25, -0.2) is 4.79 Å². The van der Waals surface area contributed by atoms with Crippen LogP contribution in [-0.4, -0.2) is 31.4 Å². The van der Waals surface area contributed by atoms with Crippen molar-refractivity contribution in [3.8, 4) is 0 Å². The van der Waals surface area contributed by atoms with Crippen molar-refractivity contribution in [2.24, 2.45) is 5.73 Å². The van der Waals surface area contributed by atoms with Gasteiger partial charge >= 0.3 is 11.9 Å². The van der Waals surface area contributed by atoms with Crippen LogP contribution in [-0.2, 0) is 25.6 Å². The number of hydrogen-bond acceptors (Lipinski definition) is 6. The van der Waals surface area contributed by atoms with Crippen LogP contribution in [0.5, 0.6) is 0 Å². The van der Waals surface area contributed by atoms with Crippen LogP contribution in [0.4, 0.5) is 0 Å². The van der Waals surface area contributed by atoms with Crippen LogP contribution < -0.4 is 5.73 Å². The summed E-state index contributed by atoms with van der Waals surface area (Å²) in [5.41, 5.74) is 6.59. The number of carbonyl (C=O) groups is 2. The number of benzene rings is 1. The molecule has 0 aliphatic carbocycles. The summed E-state index contributed by atoms with van der Waals surface area (Å²) in [7, 11) is 0. The summed E-state index contributed by atoms with van der Waals surface area (Å²) in [5, 5.41) is 6.31. The molecular weight excluding hydrogens is 399 g/mol. The Labute approximate surface area is 145 Å². The van der Waals surface area contributed by atoms with E-state index in [1.165, 1.54) is 16.1 Å². The molecule has 0 fully saturated rings. The number of rotatable bonds is 4. The summed E-state index contributed by atoms with van der Waals surface area (Å²) in [4.78, 5) is 19.8. The van der Waals surface area contributed by atoms with Crippen LogP contribution in [0, 0.1) is 8.98 Å². The van der Waals surface area contributed by atoms with Crippen molar-refractivity contribution in [3.63, 3.8) is 0 Å². The maximum absolute atomic E-state index is 9.95. The Morgan fingerprint density at radius 1 is 1.18 bits per heavy atom. The Bertz CT molecular complexity index is 436. The van der Waals surface area contributed by atoms with Crippen molar-refractivity contribution in [2.75, 3.05) is 13.2 Å². The largest absolute Gasteiger partial charge is 0.466 e. The van der Waals surface area contributed by atoms with E-state index in [9.17, 15) is 9.59 Å². The van der Waals surface area contributed by atoms with E-state index in [0.29, 0.717) is 26.0 Å². The minimum absolute atomic E-state index is 0.211. The number of nitrogens with two attached hydrogens (primary N) is 1. The lowest BCUT2D eigenvalue weighted by Gasteiger charge is -1.93. The monoisotopic (exact) mass is 422 g/mol. The number of hydrogen-bond donors (Lipinski definition) is 2. The van der Waals surface area contributed by atoms with E-state index >= 15 is 0 Å². The van der Waals surface area contributed by atoms with Gasteiger partial charge in [0.1, 0.15) is 6.21 Å². The van der Waals surface area contributed by atoms with Gasteiger partial charge in [0, 0.05) is 17.0 Å². The molecule has 0 unspecified atom stereocenters. The quantitative estimate of drug-likeness (QED) is 0.441. The van der Waals surface area contributed by atoms with E-state index in [1.54, 1.807) is 13.8 Å². The Kier molecular flexibility index (Phi) is 16.5. The van der Waals surface area contributed by atoms with Crippen LogP contribution in [0.3, 0.4) is 0 Å². The van der Waals surface area contributed by atoms with Crippen molar-refractivity contribution in [1.82, 2.24) is 0 Å². The minimum atomic E-state index is -0.581. The van der Waals surface area contributed by atoms with Gasteiger partial charge in [-0.3, -0.25) is 4.79 Å². The second-order valence-corrected chi connectivity index (χ2v) is 4.90. The zero-order valence-corrected chi connectivity index (χ0v) is 15.3. The summed E-state index contributed by atoms with van der Waals surface area (Å²) in [5.74, 6) is -0.792. The van der Waals surface area contributed by atoms with Crippen molar-refractivity contribution in [3.05, 3.63) is 33.4 Å². The Morgan fingerprint density at radius 2 is 1.68 bits per heavy atom. The van der Waals surface area contributed by atoms with Gasteiger partial charge in [0.25, 0.3) is 0 Å². The molecule has 0 heterocycles. The lowest BCUT2D eigenvalue weighted by Crippen LogP contribution is -2.02. The molecule has 3 N–H and O–H groups in total. The maximum atomic E-state index is 9.95. The molecule has 22 heavy (non-hydrogen) atoms. The smallest absolute Gasteiger partial charge is 0.348 e. The van der Waals surface area contributed by atoms with Gasteiger partial charge in [-0.2, -0.15) is 0 Å². The van der Waals surface area contributed by atoms with E-state index in [4.69, 9.17) is 11.1 Å². The number of nitrogens with one attached hydrogen (secondary N) is 1. The van der Waals surface area contributed by atoms with Gasteiger partial charge in [0.15, 0.2) is 0 Å². The molecule has 6 nitrogen and oxygen atoms in total. The number of ether oxygens (including phenoxy) is 2. The van der Waals surface area contributed by atoms with Gasteiger partial charge < -0.3 is 20.6 Å². The first-order chi connectivity index (χ1) is 10.4. The standard InChI is InChI=1S/C7H8IN.C4H7NO2.C4H8O2/c8-7-3-1-6(5-9)2-4-7;1-2-7-4(6)3-5;1-3-6-4(2)5/h1-4H,5,9H2;3,5H,2H2,1H3;3H2,1-2H3. The van der Waals surface area contributed by atoms with Gasteiger partial charge in [-0.05, 0) is 54.1 Å². The molecule has 0 aliphatic heterocycles. The average molecular weight is 422 g/mol. The molecule has 0 atom stereocenters. The molecule has 7 heteroatoms. The SMILES string of the molecule is CCOC(=O)C=N.CCOC(C)=O.NCc1ccc(I)cc1. The molecule has 0 bridgehead atoms. The summed E-state index contributed by atoms with van der Waals surface area (Å²) in [6.45, 7) is 6.33. The molecule has 0 aromatic heterocycles. The zero-order chi connectivity index (χ0) is 17.4. The zero-order valence-electron chi connectivity index (χ0n) is 13.1. The summed E-state index contributed by atoms with van der Waals surface area (Å²) in [6.07, 6.45) is 0.642. The van der Waals surface area contributed by atoms with Crippen LogP contribution in [0.15, 0.2) is 24.3 Å². The second-order valence-electron chi connectivity index (χ2n) is 3.65. The minimum Gasteiger partial charge on any atom is -0.466 e. The molecule has 1 aromatic rings. The van der Waals surface area contributed by atoms with E-state index < -0.39 is 5.97 Å². The van der Waals surface area contributed by atoms with Crippen molar-refractivity contribution < 1.29 is 19.1 Å². The molecule has 124 valence electrons. The van der Waals surface area contributed by atoms with E-state index in [2.05, 4.69) is 44.2 Å². The van der Waals surface area contributed by atoms with E-state index in [1.807, 2.05) is 12.1 Å². The van der Waals surface area contributed by atoms with Gasteiger partial charge in [-0.1, -0.05) is 12.1 Å². The average Bonchev–Trinajstić information content (AvgIpc) is 2.49. The van der Waals surface area contributed by atoms with E-state index in [0.717, 1.165) is 0 Å². The molecule has 1 aromatic carbocycles. The third-order valence-electron chi connectivity index (χ3n) is 1.90. The fourth-order valence-corrected chi connectivity index (χ4v) is 1.37. The Hall–Kier alpha value is -1.48. The highest BCUT2D eigenvalue weighted by Crippen LogP contribution is 2.05. The Balaban J connectivity index is 0. The van der Waals surface area contributed by atoms with E-state index in [-0.39, 0.29) is 5.97 Å². The van der Waals surface area contributed by atoms with Gasteiger partial charge in [0.2, 0.25) is 0 Å². The summed E-state index contributed by atoms with van der Waals surface area (Å²) >= 11 is 2.27. The lowest BCUT2D eigenvalue weighted by atomic mass is 10.2. The summed E-state index contributed by atoms with van der Waals surface area (Å²) in [6, 6.07) is 8.20. The fraction of sp³-hybridized carbons (Fsp3) is 0.400. The van der Waals surface area contributed by atoms with Crippen LogP contribution in [0.1, 0.15) is 26.3 Å². The van der Waals surface area contributed by atoms with Crippen molar-refractivity contribution in [1.29, 1.82) is 5.41 Å². The highest BCUT2D eigenvalue weighted by molar-refractivity contribution is 14.1. The molecule has 0 saturated heterocycles. The third-order valence-corrected chi connectivity index (χ3v) is 2.62. The molecule has 0 spiro atoms. The number of esters is 2. The molecule has 0 aliphatic rings. The number of carbonyl (C=O) groups excluding carboxylic acids is 2. The first kappa shape index (κ1) is 22.8. The normalized spacial score (nSPS) is 8.41. The van der Waals surface area contributed by atoms with Crippen LogP contribution in [0.2, 0.25) is 0 Å². The number of halogens is 1. The predicted molar refractivity (Wildman–Crippen MR) is 94.8 cm³/mol. The van der Waals surface area contributed by atoms with Crippen molar-refractivity contribution >= 4 is 40.7 Å². The molecule has 0 amide bonds. The van der Waals surface area contributed by atoms with Crippen molar-refractivity contribution in [2.45, 2.75) is 27.3 Å². The summed E-state index contributed by atoms with van der Waals surface area (Å²) < 4.78 is 9.97. The topological polar surface area (TPSA) is 102 Å². The highest BCUT2D eigenvalue weighted by atomic mass is 127. The maximum Gasteiger partial charge on any atom is 0.348 e. The first-order valence-electron chi connectivity index (χ1n) is 6.66. The second kappa shape index (κ2) is 15.9. The molecule has 0 radical (unpaired) electrons. The molecule has 0 saturated carbocycles. The first-order valence-corrected chi connectivity index (χ1v) is 7.74. The van der Waals surface area contributed by atoms with Gasteiger partial charge in [0.05, 0.1) is 13.2 Å². The van der Waals surface area contributed by atoms with Gasteiger partial charge in [-0.15, -0.1) is 0 Å². The molecular formula is C15H23IN2O4. The molecule has 1 rings (SSSR count). The fourth-order valence-electron chi connectivity index (χ4n) is 1.01.